The molecular weight excluding hydrogens is 428 g/mol. The van der Waals surface area contributed by atoms with E-state index >= 15 is 0 Å². The van der Waals surface area contributed by atoms with E-state index in [1.807, 2.05) is 0 Å². The van der Waals surface area contributed by atoms with Gasteiger partial charge in [-0.2, -0.15) is 0 Å². The van der Waals surface area contributed by atoms with Gasteiger partial charge in [0.25, 0.3) is 5.91 Å². The van der Waals surface area contributed by atoms with E-state index < -0.39 is 0 Å². The SMILES string of the molecule is COc1ccc(OC)c(NC(=O)c2c(NC(=O)CN3CCN(C)CC3)sc3c2CCC3)c1. The molecule has 172 valence electrons. The van der Waals surface area contributed by atoms with E-state index in [4.69, 9.17) is 9.47 Å². The molecule has 0 atom stereocenters. The molecule has 0 unspecified atom stereocenters. The van der Waals surface area contributed by atoms with E-state index in [9.17, 15) is 9.59 Å². The second kappa shape index (κ2) is 9.89. The normalized spacial score (nSPS) is 16.5. The minimum absolute atomic E-state index is 0.0810. The monoisotopic (exact) mass is 458 g/mol. The molecule has 1 aliphatic heterocycles. The Morgan fingerprint density at radius 1 is 1.06 bits per heavy atom. The standard InChI is InChI=1S/C23H30N4O4S/c1-26-9-11-27(12-10-26)14-20(28)25-23-21(16-5-4-6-19(16)32-23)22(29)24-17-13-15(30-2)7-8-18(17)31-3/h7-8,13H,4-6,9-12,14H2,1-3H3,(H,24,29)(H,25,28). The fraction of sp³-hybridized carbons (Fsp3) is 0.478. The van der Waals surface area contributed by atoms with Gasteiger partial charge in [-0.15, -0.1) is 11.3 Å². The number of aryl methyl sites for hydroxylation is 1. The van der Waals surface area contributed by atoms with Gasteiger partial charge < -0.3 is 25.0 Å². The van der Waals surface area contributed by atoms with Gasteiger partial charge in [-0.25, -0.2) is 0 Å². The molecule has 9 heteroatoms. The lowest BCUT2D eigenvalue weighted by Gasteiger charge is -2.31. The van der Waals surface area contributed by atoms with Crippen LogP contribution in [0.3, 0.4) is 0 Å². The Hall–Kier alpha value is -2.62. The van der Waals surface area contributed by atoms with Crippen LogP contribution in [-0.4, -0.2) is 75.6 Å². The van der Waals surface area contributed by atoms with Crippen molar-refractivity contribution in [2.75, 3.05) is 64.6 Å². The van der Waals surface area contributed by atoms with Crippen molar-refractivity contribution < 1.29 is 19.1 Å². The highest BCUT2D eigenvalue weighted by molar-refractivity contribution is 7.17. The van der Waals surface area contributed by atoms with Gasteiger partial charge in [0.05, 0.1) is 32.0 Å². The van der Waals surface area contributed by atoms with Crippen LogP contribution in [0, 0.1) is 0 Å². The maximum absolute atomic E-state index is 13.4. The van der Waals surface area contributed by atoms with Gasteiger partial charge in [-0.05, 0) is 44.0 Å². The summed E-state index contributed by atoms with van der Waals surface area (Å²) in [5.74, 6) is 0.845. The van der Waals surface area contributed by atoms with Gasteiger partial charge in [0.2, 0.25) is 5.91 Å². The molecule has 8 nitrogen and oxygen atoms in total. The van der Waals surface area contributed by atoms with Crippen LogP contribution in [0.2, 0.25) is 0 Å². The largest absolute Gasteiger partial charge is 0.497 e. The number of amides is 2. The summed E-state index contributed by atoms with van der Waals surface area (Å²) in [6, 6.07) is 5.26. The highest BCUT2D eigenvalue weighted by atomic mass is 32.1. The first-order valence-electron chi connectivity index (χ1n) is 10.9. The molecule has 0 spiro atoms. The molecule has 1 aliphatic carbocycles. The third-order valence-corrected chi connectivity index (χ3v) is 7.23. The number of carbonyl (C=O) groups is 2. The average molecular weight is 459 g/mol. The number of likely N-dealkylation sites (N-methyl/N-ethyl adjacent to an activating group) is 1. The Balaban J connectivity index is 1.52. The number of benzene rings is 1. The van der Waals surface area contributed by atoms with E-state index in [1.165, 1.54) is 16.2 Å². The maximum Gasteiger partial charge on any atom is 0.259 e. The fourth-order valence-electron chi connectivity index (χ4n) is 4.20. The summed E-state index contributed by atoms with van der Waals surface area (Å²) in [7, 11) is 5.23. The summed E-state index contributed by atoms with van der Waals surface area (Å²) in [5, 5.41) is 6.62. The quantitative estimate of drug-likeness (QED) is 0.664. The Labute approximate surface area is 192 Å². The second-order valence-corrected chi connectivity index (χ2v) is 9.31. The summed E-state index contributed by atoms with van der Waals surface area (Å²) >= 11 is 1.52. The van der Waals surface area contributed by atoms with Crippen LogP contribution >= 0.6 is 11.3 Å². The van der Waals surface area contributed by atoms with E-state index in [-0.39, 0.29) is 11.8 Å². The molecule has 2 aliphatic rings. The third kappa shape index (κ3) is 4.90. The number of methoxy groups -OCH3 is 2. The number of carbonyl (C=O) groups excluding carboxylic acids is 2. The zero-order valence-electron chi connectivity index (χ0n) is 18.8. The zero-order chi connectivity index (χ0) is 22.7. The first-order chi connectivity index (χ1) is 15.5. The molecule has 4 rings (SSSR count). The number of piperazine rings is 1. The Bertz CT molecular complexity index is 998. The molecule has 0 saturated carbocycles. The molecule has 2 aromatic rings. The number of thiophene rings is 1. The molecule has 1 saturated heterocycles. The van der Waals surface area contributed by atoms with Crippen LogP contribution in [0.4, 0.5) is 10.7 Å². The molecule has 1 aromatic carbocycles. The lowest BCUT2D eigenvalue weighted by Crippen LogP contribution is -2.47. The Kier molecular flexibility index (Phi) is 6.98. The minimum atomic E-state index is -0.245. The molecule has 2 heterocycles. The predicted molar refractivity (Wildman–Crippen MR) is 126 cm³/mol. The van der Waals surface area contributed by atoms with Crippen LogP contribution in [0.25, 0.3) is 0 Å². The molecule has 0 bridgehead atoms. The smallest absolute Gasteiger partial charge is 0.259 e. The fourth-order valence-corrected chi connectivity index (χ4v) is 5.51. The van der Waals surface area contributed by atoms with Gasteiger partial charge in [0, 0.05) is 37.1 Å². The number of ether oxygens (including phenoxy) is 2. The summed E-state index contributed by atoms with van der Waals surface area (Å²) < 4.78 is 10.7. The zero-order valence-corrected chi connectivity index (χ0v) is 19.6. The van der Waals surface area contributed by atoms with Crippen molar-refractivity contribution in [1.29, 1.82) is 0 Å². The molecule has 1 aromatic heterocycles. The Morgan fingerprint density at radius 3 is 2.56 bits per heavy atom. The van der Waals surface area contributed by atoms with Crippen LogP contribution in [0.15, 0.2) is 18.2 Å². The molecule has 1 fully saturated rings. The lowest BCUT2D eigenvalue weighted by molar-refractivity contribution is -0.117. The first kappa shape index (κ1) is 22.6. The third-order valence-electron chi connectivity index (χ3n) is 6.02. The van der Waals surface area contributed by atoms with Crippen molar-refractivity contribution in [3.63, 3.8) is 0 Å². The van der Waals surface area contributed by atoms with E-state index in [0.29, 0.717) is 34.3 Å². The van der Waals surface area contributed by atoms with Crippen molar-refractivity contribution in [1.82, 2.24) is 9.80 Å². The molecule has 2 amide bonds. The molecular formula is C23H30N4O4S. The summed E-state index contributed by atoms with van der Waals surface area (Å²) in [6.45, 7) is 3.98. The highest BCUT2D eigenvalue weighted by Gasteiger charge is 2.28. The maximum atomic E-state index is 13.4. The van der Waals surface area contributed by atoms with Gasteiger partial charge in [-0.3, -0.25) is 14.5 Å². The van der Waals surface area contributed by atoms with Crippen molar-refractivity contribution in [3.8, 4) is 11.5 Å². The van der Waals surface area contributed by atoms with Crippen molar-refractivity contribution >= 4 is 33.8 Å². The predicted octanol–water partition coefficient (Wildman–Crippen LogP) is 2.69. The van der Waals surface area contributed by atoms with Crippen molar-refractivity contribution in [2.45, 2.75) is 19.3 Å². The first-order valence-corrected chi connectivity index (χ1v) is 11.7. The van der Waals surface area contributed by atoms with Crippen LogP contribution in [0.1, 0.15) is 27.2 Å². The van der Waals surface area contributed by atoms with Gasteiger partial charge >= 0.3 is 0 Å². The van der Waals surface area contributed by atoms with E-state index in [2.05, 4.69) is 27.5 Å². The lowest BCUT2D eigenvalue weighted by atomic mass is 10.1. The van der Waals surface area contributed by atoms with Crippen LogP contribution < -0.4 is 20.1 Å². The number of hydrogen-bond donors (Lipinski definition) is 2. The highest BCUT2D eigenvalue weighted by Crippen LogP contribution is 2.40. The molecule has 32 heavy (non-hydrogen) atoms. The number of nitrogens with one attached hydrogen (secondary N) is 2. The number of fused-ring (bicyclic) bond motifs is 1. The van der Waals surface area contributed by atoms with E-state index in [0.717, 1.165) is 51.0 Å². The molecule has 0 radical (unpaired) electrons. The number of nitrogens with zero attached hydrogens (tertiary/aromatic N) is 2. The van der Waals surface area contributed by atoms with E-state index in [1.54, 1.807) is 32.4 Å². The van der Waals surface area contributed by atoms with Gasteiger partial charge in [0.15, 0.2) is 0 Å². The molecule has 2 N–H and O–H groups in total. The van der Waals surface area contributed by atoms with Crippen LogP contribution in [-0.2, 0) is 17.6 Å². The number of rotatable bonds is 7. The summed E-state index contributed by atoms with van der Waals surface area (Å²) in [6.07, 6.45) is 2.81. The van der Waals surface area contributed by atoms with Gasteiger partial charge in [0.1, 0.15) is 16.5 Å². The summed E-state index contributed by atoms with van der Waals surface area (Å²) in [5.41, 5.74) is 2.15. The average Bonchev–Trinajstić information content (AvgIpc) is 3.36. The van der Waals surface area contributed by atoms with Crippen molar-refractivity contribution in [3.05, 3.63) is 34.2 Å². The van der Waals surface area contributed by atoms with Crippen LogP contribution in [0.5, 0.6) is 11.5 Å². The Morgan fingerprint density at radius 2 is 1.84 bits per heavy atom. The number of hydrogen-bond acceptors (Lipinski definition) is 7. The number of anilines is 2. The second-order valence-electron chi connectivity index (χ2n) is 8.21. The minimum Gasteiger partial charge on any atom is -0.497 e. The topological polar surface area (TPSA) is 83.1 Å². The van der Waals surface area contributed by atoms with Gasteiger partial charge in [-0.1, -0.05) is 0 Å². The van der Waals surface area contributed by atoms with Crippen molar-refractivity contribution in [2.24, 2.45) is 0 Å². The summed E-state index contributed by atoms with van der Waals surface area (Å²) in [4.78, 5) is 31.7.